The Kier molecular flexibility index (Phi) is 4.85. The lowest BCUT2D eigenvalue weighted by Crippen LogP contribution is -2.54. The maximum atomic E-state index is 12.4. The molecule has 1 aliphatic heterocycles. The molecule has 3 rings (SSSR count). The first-order valence-electron chi connectivity index (χ1n) is 7.05. The van der Waals surface area contributed by atoms with Crippen LogP contribution in [-0.4, -0.2) is 47.3 Å². The van der Waals surface area contributed by atoms with E-state index in [1.807, 2.05) is 35.2 Å². The zero-order chi connectivity index (χ0) is 14.1. The number of carbonyl (C=O) groups excluding carboxylic acids is 2. The van der Waals surface area contributed by atoms with Crippen LogP contribution in [0.25, 0.3) is 0 Å². The molecule has 1 atom stereocenters. The maximum absolute atomic E-state index is 12.4. The highest BCUT2D eigenvalue weighted by atomic mass is 35.5. The summed E-state index contributed by atoms with van der Waals surface area (Å²) < 4.78 is 0. The zero-order valence-electron chi connectivity index (χ0n) is 11.8. The predicted octanol–water partition coefficient (Wildman–Crippen LogP) is 0.941. The predicted molar refractivity (Wildman–Crippen MR) is 81.9 cm³/mol. The van der Waals surface area contributed by atoms with Crippen LogP contribution in [0.5, 0.6) is 0 Å². The highest BCUT2D eigenvalue weighted by molar-refractivity contribution is 5.89. The molecule has 1 aromatic carbocycles. The summed E-state index contributed by atoms with van der Waals surface area (Å²) in [6.45, 7) is 1.38. The topological polar surface area (TPSA) is 66.6 Å². The molecule has 114 valence electrons. The normalized spacial score (nSPS) is 20.0. The number of rotatable bonds is 3. The second-order valence-electron chi connectivity index (χ2n) is 5.47. The molecule has 1 aromatic rings. The second kappa shape index (κ2) is 6.45. The molecule has 2 fully saturated rings. The lowest BCUT2D eigenvalue weighted by molar-refractivity contribution is -0.146. The summed E-state index contributed by atoms with van der Waals surface area (Å²) in [6.07, 6.45) is 2.20. The van der Waals surface area contributed by atoms with Crippen LogP contribution in [0.1, 0.15) is 24.4 Å². The molecular formula is C15H20ClN3O2. The maximum Gasteiger partial charge on any atom is 0.244 e. The first-order chi connectivity index (χ1) is 9.66. The highest BCUT2D eigenvalue weighted by Crippen LogP contribution is 2.28. The van der Waals surface area contributed by atoms with Gasteiger partial charge >= 0.3 is 0 Å². The molecule has 5 nitrogen and oxygen atoms in total. The molecule has 1 unspecified atom stereocenters. The van der Waals surface area contributed by atoms with Crippen molar-refractivity contribution in [2.45, 2.75) is 24.9 Å². The summed E-state index contributed by atoms with van der Waals surface area (Å²) in [7, 11) is 0. The molecule has 1 heterocycles. The van der Waals surface area contributed by atoms with Crippen molar-refractivity contribution in [2.75, 3.05) is 19.6 Å². The third kappa shape index (κ3) is 3.36. The van der Waals surface area contributed by atoms with Crippen LogP contribution < -0.4 is 5.73 Å². The van der Waals surface area contributed by atoms with E-state index in [-0.39, 0.29) is 30.8 Å². The Balaban J connectivity index is 0.00000161. The van der Waals surface area contributed by atoms with E-state index in [2.05, 4.69) is 0 Å². The average molecular weight is 310 g/mol. The van der Waals surface area contributed by atoms with Crippen molar-refractivity contribution >= 4 is 24.2 Å². The fourth-order valence-electron chi connectivity index (χ4n) is 2.65. The molecule has 0 radical (unpaired) electrons. The summed E-state index contributed by atoms with van der Waals surface area (Å²) in [6, 6.07) is 9.02. The fraction of sp³-hybridized carbons (Fsp3) is 0.467. The summed E-state index contributed by atoms with van der Waals surface area (Å²) in [5.41, 5.74) is 6.79. The summed E-state index contributed by atoms with van der Waals surface area (Å²) in [5.74, 6) is -0.118. The van der Waals surface area contributed by atoms with Gasteiger partial charge in [-0.2, -0.15) is 0 Å². The van der Waals surface area contributed by atoms with Crippen LogP contribution in [-0.2, 0) is 9.59 Å². The van der Waals surface area contributed by atoms with E-state index in [1.165, 1.54) is 0 Å². The number of benzene rings is 1. The van der Waals surface area contributed by atoms with Crippen LogP contribution in [0, 0.1) is 0 Å². The smallest absolute Gasteiger partial charge is 0.244 e. The van der Waals surface area contributed by atoms with Crippen molar-refractivity contribution in [2.24, 2.45) is 5.73 Å². The summed E-state index contributed by atoms with van der Waals surface area (Å²) in [4.78, 5) is 27.9. The van der Waals surface area contributed by atoms with E-state index < -0.39 is 6.04 Å². The monoisotopic (exact) mass is 309 g/mol. The largest absolute Gasteiger partial charge is 0.336 e. The van der Waals surface area contributed by atoms with Gasteiger partial charge in [0, 0.05) is 19.1 Å². The van der Waals surface area contributed by atoms with Gasteiger partial charge in [-0.25, -0.2) is 0 Å². The Morgan fingerprint density at radius 1 is 1.19 bits per heavy atom. The van der Waals surface area contributed by atoms with E-state index in [0.29, 0.717) is 19.1 Å². The number of amides is 2. The van der Waals surface area contributed by atoms with Gasteiger partial charge < -0.3 is 15.5 Å². The molecule has 0 bridgehead atoms. The molecule has 1 saturated heterocycles. The minimum Gasteiger partial charge on any atom is -0.336 e. The first-order valence-corrected chi connectivity index (χ1v) is 7.05. The van der Waals surface area contributed by atoms with Crippen molar-refractivity contribution in [3.8, 4) is 0 Å². The van der Waals surface area contributed by atoms with Crippen LogP contribution in [0.4, 0.5) is 0 Å². The quantitative estimate of drug-likeness (QED) is 0.903. The Morgan fingerprint density at radius 3 is 2.43 bits per heavy atom. The van der Waals surface area contributed by atoms with Crippen LogP contribution in [0.15, 0.2) is 30.3 Å². The van der Waals surface area contributed by atoms with E-state index in [0.717, 1.165) is 18.4 Å². The Morgan fingerprint density at radius 2 is 1.86 bits per heavy atom. The van der Waals surface area contributed by atoms with Gasteiger partial charge in [0.05, 0.1) is 6.54 Å². The van der Waals surface area contributed by atoms with Gasteiger partial charge in [-0.15, -0.1) is 12.4 Å². The number of carbonyl (C=O) groups is 2. The standard InChI is InChI=1S/C15H19N3O2.ClH/c16-14(11-4-2-1-3-5-11)15(20)17-8-9-18(12-6-7-12)13(19)10-17;/h1-5,12,14H,6-10,16H2;1H. The van der Waals surface area contributed by atoms with Crippen LogP contribution >= 0.6 is 12.4 Å². The number of nitrogens with two attached hydrogens (primary N) is 1. The molecule has 6 heteroatoms. The third-order valence-electron chi connectivity index (χ3n) is 3.98. The van der Waals surface area contributed by atoms with Gasteiger partial charge in [0.15, 0.2) is 0 Å². The number of piperazine rings is 1. The molecule has 2 N–H and O–H groups in total. The van der Waals surface area contributed by atoms with Crippen molar-refractivity contribution in [3.05, 3.63) is 35.9 Å². The average Bonchev–Trinajstić information content (AvgIpc) is 3.31. The minimum absolute atomic E-state index is 0. The number of hydrogen-bond donors (Lipinski definition) is 1. The van der Waals surface area contributed by atoms with Gasteiger partial charge in [-0.3, -0.25) is 9.59 Å². The van der Waals surface area contributed by atoms with Gasteiger partial charge in [0.1, 0.15) is 6.04 Å². The molecule has 2 amide bonds. The second-order valence-corrected chi connectivity index (χ2v) is 5.47. The fourth-order valence-corrected chi connectivity index (χ4v) is 2.65. The third-order valence-corrected chi connectivity index (χ3v) is 3.98. The number of hydrogen-bond acceptors (Lipinski definition) is 3. The highest BCUT2D eigenvalue weighted by Gasteiger charge is 2.37. The number of nitrogens with zero attached hydrogens (tertiary/aromatic N) is 2. The lowest BCUT2D eigenvalue weighted by atomic mass is 10.1. The van der Waals surface area contributed by atoms with E-state index in [4.69, 9.17) is 5.73 Å². The Labute approximate surface area is 130 Å². The number of halogens is 1. The minimum atomic E-state index is -0.684. The van der Waals surface area contributed by atoms with Gasteiger partial charge in [-0.1, -0.05) is 30.3 Å². The van der Waals surface area contributed by atoms with Gasteiger partial charge in [-0.05, 0) is 18.4 Å². The van der Waals surface area contributed by atoms with Crippen molar-refractivity contribution in [1.82, 2.24) is 9.80 Å². The zero-order valence-corrected chi connectivity index (χ0v) is 12.6. The van der Waals surface area contributed by atoms with Crippen molar-refractivity contribution in [3.63, 3.8) is 0 Å². The SMILES string of the molecule is Cl.NC(C(=O)N1CCN(C2CC2)C(=O)C1)c1ccccc1. The van der Waals surface area contributed by atoms with Crippen LogP contribution in [0.2, 0.25) is 0 Å². The van der Waals surface area contributed by atoms with Crippen molar-refractivity contribution in [1.29, 1.82) is 0 Å². The van der Waals surface area contributed by atoms with Gasteiger partial charge in [0.2, 0.25) is 11.8 Å². The van der Waals surface area contributed by atoms with E-state index >= 15 is 0 Å². The summed E-state index contributed by atoms with van der Waals surface area (Å²) >= 11 is 0. The Bertz CT molecular complexity index is 519. The van der Waals surface area contributed by atoms with E-state index in [9.17, 15) is 9.59 Å². The molecule has 21 heavy (non-hydrogen) atoms. The van der Waals surface area contributed by atoms with Crippen LogP contribution in [0.3, 0.4) is 0 Å². The van der Waals surface area contributed by atoms with Gasteiger partial charge in [0.25, 0.3) is 0 Å². The molecule has 1 aliphatic carbocycles. The Hall–Kier alpha value is -1.59. The lowest BCUT2D eigenvalue weighted by Gasteiger charge is -2.35. The molecular weight excluding hydrogens is 290 g/mol. The molecule has 2 aliphatic rings. The van der Waals surface area contributed by atoms with E-state index in [1.54, 1.807) is 4.90 Å². The molecule has 0 spiro atoms. The van der Waals surface area contributed by atoms with Crippen molar-refractivity contribution < 1.29 is 9.59 Å². The first kappa shape index (κ1) is 15.8. The molecule has 0 aromatic heterocycles. The summed E-state index contributed by atoms with van der Waals surface area (Å²) in [5, 5.41) is 0. The molecule has 1 saturated carbocycles.